The number of allylic oxidation sites excluding steroid dienone is 6. The van der Waals surface area contributed by atoms with Crippen LogP contribution in [-0.2, 0) is 0 Å². The van der Waals surface area contributed by atoms with Crippen LogP contribution in [0.1, 0.15) is 20.3 Å². The molecule has 0 aromatic rings. The molecule has 0 unspecified atom stereocenters. The zero-order chi connectivity index (χ0) is 6.69. The van der Waals surface area contributed by atoms with E-state index in [1.807, 2.05) is 0 Å². The molecule has 0 radical (unpaired) electrons. The van der Waals surface area contributed by atoms with Gasteiger partial charge in [-0.25, -0.2) is 0 Å². The molecule has 1 aliphatic rings. The van der Waals surface area contributed by atoms with Crippen LogP contribution in [0.2, 0.25) is 0 Å². The first-order valence-electron chi connectivity index (χ1n) is 3.33. The maximum Gasteiger partial charge on any atom is -0.00950 e. The zero-order valence-corrected chi connectivity index (χ0v) is 6.02. The minimum absolute atomic E-state index is 1.11. The van der Waals surface area contributed by atoms with Crippen molar-refractivity contribution in [2.45, 2.75) is 20.3 Å². The molecular weight excluding hydrogens is 108 g/mol. The van der Waals surface area contributed by atoms with Crippen molar-refractivity contribution < 1.29 is 0 Å². The van der Waals surface area contributed by atoms with E-state index in [4.69, 9.17) is 0 Å². The Balaban J connectivity index is 2.70. The molecule has 0 bridgehead atoms. The van der Waals surface area contributed by atoms with Gasteiger partial charge in [0, 0.05) is 0 Å². The normalized spacial score (nSPS) is 22.4. The molecule has 0 aliphatic heterocycles. The Kier molecular flexibility index (Phi) is 1.88. The summed E-state index contributed by atoms with van der Waals surface area (Å²) < 4.78 is 0. The van der Waals surface area contributed by atoms with Crippen LogP contribution in [0.3, 0.4) is 0 Å². The smallest absolute Gasteiger partial charge is 0.00950 e. The van der Waals surface area contributed by atoms with Gasteiger partial charge in [-0.3, -0.25) is 0 Å². The predicted molar refractivity (Wildman–Crippen MR) is 41.3 cm³/mol. The van der Waals surface area contributed by atoms with Crippen LogP contribution in [0.5, 0.6) is 0 Å². The number of hydrogen-bond acceptors (Lipinski definition) is 0. The molecule has 0 heteroatoms. The molecule has 0 heterocycles. The lowest BCUT2D eigenvalue weighted by Gasteiger charge is -2.02. The minimum Gasteiger partial charge on any atom is -0.0841 e. The topological polar surface area (TPSA) is 0 Å². The molecule has 48 valence electrons. The van der Waals surface area contributed by atoms with Gasteiger partial charge in [0.05, 0.1) is 0 Å². The summed E-state index contributed by atoms with van der Waals surface area (Å²) in [6, 6.07) is 0. The Morgan fingerprint density at radius 1 is 1.44 bits per heavy atom. The molecule has 0 amide bonds. The lowest BCUT2D eigenvalue weighted by Crippen LogP contribution is -1.82. The summed E-state index contributed by atoms with van der Waals surface area (Å²) in [4.78, 5) is 0. The summed E-state index contributed by atoms with van der Waals surface area (Å²) in [6.07, 6.45) is 9.84. The van der Waals surface area contributed by atoms with Crippen LogP contribution in [0.15, 0.2) is 35.5 Å². The first-order chi connectivity index (χ1) is 4.33. The molecular formula is C9H12. The molecule has 0 N–H and O–H groups in total. The van der Waals surface area contributed by atoms with E-state index in [1.54, 1.807) is 0 Å². The fraction of sp³-hybridized carbons (Fsp3) is 0.333. The van der Waals surface area contributed by atoms with E-state index in [2.05, 4.69) is 38.2 Å². The second-order valence-corrected chi connectivity index (χ2v) is 2.35. The van der Waals surface area contributed by atoms with Crippen LogP contribution < -0.4 is 0 Å². The molecule has 0 atom stereocenters. The summed E-state index contributed by atoms with van der Waals surface area (Å²) in [5, 5.41) is 0. The quantitative estimate of drug-likeness (QED) is 0.461. The summed E-state index contributed by atoms with van der Waals surface area (Å²) in [6.45, 7) is 4.21. The lowest BCUT2D eigenvalue weighted by atomic mass is 10.0. The van der Waals surface area contributed by atoms with Crippen molar-refractivity contribution in [1.29, 1.82) is 0 Å². The first-order valence-corrected chi connectivity index (χ1v) is 3.33. The van der Waals surface area contributed by atoms with E-state index < -0.39 is 0 Å². The average Bonchev–Trinajstić information content (AvgIpc) is 1.90. The highest BCUT2D eigenvalue weighted by Gasteiger charge is 1.93. The second kappa shape index (κ2) is 2.67. The number of hydrogen-bond donors (Lipinski definition) is 0. The van der Waals surface area contributed by atoms with Crippen molar-refractivity contribution in [3.05, 3.63) is 35.5 Å². The molecule has 0 nitrogen and oxygen atoms in total. The molecule has 0 spiro atoms. The lowest BCUT2D eigenvalue weighted by molar-refractivity contribution is 1.21. The summed E-state index contributed by atoms with van der Waals surface area (Å²) in [5.41, 5.74) is 2.79. The maximum atomic E-state index is 2.25. The molecule has 0 saturated carbocycles. The van der Waals surface area contributed by atoms with Crippen LogP contribution in [0.25, 0.3) is 0 Å². The van der Waals surface area contributed by atoms with Gasteiger partial charge >= 0.3 is 0 Å². The van der Waals surface area contributed by atoms with Gasteiger partial charge in [-0.15, -0.1) is 0 Å². The van der Waals surface area contributed by atoms with Crippen molar-refractivity contribution in [1.82, 2.24) is 0 Å². The van der Waals surface area contributed by atoms with Gasteiger partial charge in [0.15, 0.2) is 0 Å². The third-order valence-electron chi connectivity index (χ3n) is 1.59. The van der Waals surface area contributed by atoms with E-state index >= 15 is 0 Å². The Hall–Kier alpha value is -0.780. The Morgan fingerprint density at radius 3 is 2.67 bits per heavy atom. The van der Waals surface area contributed by atoms with Crippen LogP contribution in [0, 0.1) is 0 Å². The van der Waals surface area contributed by atoms with Gasteiger partial charge < -0.3 is 0 Å². The fourth-order valence-electron chi connectivity index (χ4n) is 0.867. The van der Waals surface area contributed by atoms with Crippen LogP contribution in [0.4, 0.5) is 0 Å². The van der Waals surface area contributed by atoms with Gasteiger partial charge in [-0.1, -0.05) is 29.9 Å². The van der Waals surface area contributed by atoms with Crippen molar-refractivity contribution in [2.75, 3.05) is 0 Å². The third-order valence-corrected chi connectivity index (χ3v) is 1.59. The maximum absolute atomic E-state index is 2.25. The van der Waals surface area contributed by atoms with Crippen molar-refractivity contribution in [2.24, 2.45) is 0 Å². The molecule has 0 fully saturated rings. The van der Waals surface area contributed by atoms with Gasteiger partial charge in [-0.05, 0) is 25.8 Å². The fourth-order valence-corrected chi connectivity index (χ4v) is 0.867. The Labute approximate surface area is 56.6 Å². The van der Waals surface area contributed by atoms with Crippen molar-refractivity contribution in [3.63, 3.8) is 0 Å². The van der Waals surface area contributed by atoms with Gasteiger partial charge in [0.25, 0.3) is 0 Å². The van der Waals surface area contributed by atoms with E-state index in [1.165, 1.54) is 11.1 Å². The SMILES string of the molecule is C/C=C1/C=CC(C)=CC1. The molecule has 1 aliphatic carbocycles. The highest BCUT2D eigenvalue weighted by atomic mass is 14.0. The van der Waals surface area contributed by atoms with Crippen LogP contribution >= 0.6 is 0 Å². The Morgan fingerprint density at radius 2 is 2.22 bits per heavy atom. The Bertz CT molecular complexity index is 180. The monoisotopic (exact) mass is 120 g/mol. The largest absolute Gasteiger partial charge is 0.0841 e. The summed E-state index contributed by atoms with van der Waals surface area (Å²) >= 11 is 0. The average molecular weight is 120 g/mol. The highest BCUT2D eigenvalue weighted by molar-refractivity contribution is 5.33. The minimum atomic E-state index is 1.11. The number of rotatable bonds is 0. The third kappa shape index (κ3) is 1.56. The first kappa shape index (κ1) is 6.34. The summed E-state index contributed by atoms with van der Waals surface area (Å²) in [5.74, 6) is 0. The standard InChI is InChI=1S/C9H12/c1-3-9-6-4-8(2)5-7-9/h3-6H,7H2,1-2H3/b9-3-. The second-order valence-electron chi connectivity index (χ2n) is 2.35. The highest BCUT2D eigenvalue weighted by Crippen LogP contribution is 2.13. The van der Waals surface area contributed by atoms with Crippen molar-refractivity contribution >= 4 is 0 Å². The molecule has 0 aromatic heterocycles. The van der Waals surface area contributed by atoms with Gasteiger partial charge in [-0.2, -0.15) is 0 Å². The van der Waals surface area contributed by atoms with E-state index in [0.717, 1.165) is 6.42 Å². The van der Waals surface area contributed by atoms with Crippen molar-refractivity contribution in [3.8, 4) is 0 Å². The van der Waals surface area contributed by atoms with E-state index in [-0.39, 0.29) is 0 Å². The summed E-state index contributed by atoms with van der Waals surface area (Å²) in [7, 11) is 0. The van der Waals surface area contributed by atoms with Crippen LogP contribution in [-0.4, -0.2) is 0 Å². The molecule has 9 heavy (non-hydrogen) atoms. The molecule has 0 saturated heterocycles. The molecule has 0 aromatic carbocycles. The molecule has 1 rings (SSSR count). The van der Waals surface area contributed by atoms with E-state index in [0.29, 0.717) is 0 Å². The van der Waals surface area contributed by atoms with E-state index in [9.17, 15) is 0 Å². The van der Waals surface area contributed by atoms with Gasteiger partial charge in [0.2, 0.25) is 0 Å². The zero-order valence-electron chi connectivity index (χ0n) is 6.02. The van der Waals surface area contributed by atoms with Gasteiger partial charge in [0.1, 0.15) is 0 Å². The predicted octanol–water partition coefficient (Wildman–Crippen LogP) is 2.84.